The first kappa shape index (κ1) is 16.0. The number of nitrogens with two attached hydrogens (primary N) is 1. The highest BCUT2D eigenvalue weighted by atomic mass is 16.5. The van der Waals surface area contributed by atoms with Crippen LogP contribution in [0.4, 0.5) is 0 Å². The molecule has 22 heavy (non-hydrogen) atoms. The number of carbonyl (C=O) groups is 1. The van der Waals surface area contributed by atoms with Gasteiger partial charge in [0.1, 0.15) is 5.75 Å². The Kier molecular flexibility index (Phi) is 5.98. The molecule has 4 nitrogen and oxygen atoms in total. The minimum absolute atomic E-state index is 0.119. The quantitative estimate of drug-likeness (QED) is 0.821. The SMILES string of the molecule is COc1cccc(CCNC(=O)C(N)Cc2ccccc2)c1. The molecule has 0 spiro atoms. The van der Waals surface area contributed by atoms with E-state index in [1.807, 2.05) is 54.6 Å². The molecule has 2 rings (SSSR count). The third-order valence-corrected chi connectivity index (χ3v) is 3.48. The number of ether oxygens (including phenoxy) is 1. The van der Waals surface area contributed by atoms with Crippen LogP contribution in [-0.2, 0) is 17.6 Å². The summed E-state index contributed by atoms with van der Waals surface area (Å²) in [5, 5.41) is 2.88. The largest absolute Gasteiger partial charge is 0.497 e. The highest BCUT2D eigenvalue weighted by molar-refractivity contribution is 5.81. The van der Waals surface area contributed by atoms with Gasteiger partial charge in [-0.15, -0.1) is 0 Å². The van der Waals surface area contributed by atoms with Gasteiger partial charge in [0.25, 0.3) is 0 Å². The van der Waals surface area contributed by atoms with Crippen molar-refractivity contribution in [3.05, 3.63) is 65.7 Å². The van der Waals surface area contributed by atoms with Crippen LogP contribution in [0.15, 0.2) is 54.6 Å². The fourth-order valence-electron chi connectivity index (χ4n) is 2.25. The number of nitrogens with one attached hydrogen (secondary N) is 1. The Morgan fingerprint density at radius 3 is 2.59 bits per heavy atom. The summed E-state index contributed by atoms with van der Waals surface area (Å²) in [6.45, 7) is 0.564. The molecule has 0 bridgehead atoms. The third kappa shape index (κ3) is 4.90. The first-order valence-electron chi connectivity index (χ1n) is 7.39. The van der Waals surface area contributed by atoms with Crippen LogP contribution in [0.1, 0.15) is 11.1 Å². The molecule has 0 aliphatic carbocycles. The fraction of sp³-hybridized carbons (Fsp3) is 0.278. The van der Waals surface area contributed by atoms with Crippen molar-refractivity contribution in [3.8, 4) is 5.75 Å². The minimum Gasteiger partial charge on any atom is -0.497 e. The van der Waals surface area contributed by atoms with E-state index in [9.17, 15) is 4.79 Å². The standard InChI is InChI=1S/C18H22N2O2/c1-22-16-9-5-8-15(12-16)10-11-20-18(21)17(19)13-14-6-3-2-4-7-14/h2-9,12,17H,10-11,13,19H2,1H3,(H,20,21). The fourth-order valence-corrected chi connectivity index (χ4v) is 2.25. The van der Waals surface area contributed by atoms with Crippen molar-refractivity contribution in [3.63, 3.8) is 0 Å². The van der Waals surface area contributed by atoms with Crippen LogP contribution in [0.2, 0.25) is 0 Å². The molecule has 0 saturated heterocycles. The van der Waals surface area contributed by atoms with Crippen LogP contribution >= 0.6 is 0 Å². The normalized spacial score (nSPS) is 11.7. The Balaban J connectivity index is 1.77. The summed E-state index contributed by atoms with van der Waals surface area (Å²) < 4.78 is 5.18. The summed E-state index contributed by atoms with van der Waals surface area (Å²) >= 11 is 0. The second-order valence-electron chi connectivity index (χ2n) is 5.19. The van der Waals surface area contributed by atoms with Crippen LogP contribution in [0.3, 0.4) is 0 Å². The van der Waals surface area contributed by atoms with Crippen LogP contribution in [-0.4, -0.2) is 25.6 Å². The van der Waals surface area contributed by atoms with Gasteiger partial charge in [-0.3, -0.25) is 4.79 Å². The van der Waals surface area contributed by atoms with Gasteiger partial charge < -0.3 is 15.8 Å². The first-order chi connectivity index (χ1) is 10.7. The lowest BCUT2D eigenvalue weighted by molar-refractivity contribution is -0.122. The minimum atomic E-state index is -0.521. The van der Waals surface area contributed by atoms with E-state index in [-0.39, 0.29) is 5.91 Å². The smallest absolute Gasteiger partial charge is 0.237 e. The molecule has 0 aliphatic heterocycles. The average Bonchev–Trinajstić information content (AvgIpc) is 2.56. The van der Waals surface area contributed by atoms with E-state index in [2.05, 4.69) is 5.32 Å². The predicted molar refractivity (Wildman–Crippen MR) is 87.8 cm³/mol. The van der Waals surface area contributed by atoms with Crippen molar-refractivity contribution in [2.24, 2.45) is 5.73 Å². The molecule has 1 unspecified atom stereocenters. The molecule has 2 aromatic rings. The van der Waals surface area contributed by atoms with Crippen LogP contribution in [0.5, 0.6) is 5.75 Å². The van der Waals surface area contributed by atoms with Gasteiger partial charge >= 0.3 is 0 Å². The molecule has 0 aromatic heterocycles. The molecule has 0 saturated carbocycles. The molecule has 0 heterocycles. The zero-order valence-electron chi connectivity index (χ0n) is 12.8. The molecule has 0 aliphatic rings. The zero-order chi connectivity index (χ0) is 15.8. The Hall–Kier alpha value is -2.33. The summed E-state index contributed by atoms with van der Waals surface area (Å²) in [6.07, 6.45) is 1.30. The van der Waals surface area contributed by atoms with Gasteiger partial charge in [0.15, 0.2) is 0 Å². The molecule has 1 amide bonds. The maximum Gasteiger partial charge on any atom is 0.237 e. The number of carbonyl (C=O) groups excluding carboxylic acids is 1. The summed E-state index contributed by atoms with van der Waals surface area (Å²) in [5.74, 6) is 0.705. The maximum atomic E-state index is 12.0. The van der Waals surface area contributed by atoms with Crippen molar-refractivity contribution >= 4 is 5.91 Å². The van der Waals surface area contributed by atoms with E-state index in [4.69, 9.17) is 10.5 Å². The molecule has 4 heteroatoms. The van der Waals surface area contributed by atoms with Gasteiger partial charge in [-0.1, -0.05) is 42.5 Å². The molecular weight excluding hydrogens is 276 g/mol. The van der Waals surface area contributed by atoms with Gasteiger partial charge in [0.2, 0.25) is 5.91 Å². The van der Waals surface area contributed by atoms with Crippen LogP contribution < -0.4 is 15.8 Å². The predicted octanol–water partition coefficient (Wildman–Crippen LogP) is 1.92. The summed E-state index contributed by atoms with van der Waals surface area (Å²) in [4.78, 5) is 12.0. The summed E-state index contributed by atoms with van der Waals surface area (Å²) in [5.41, 5.74) is 8.13. The second kappa shape index (κ2) is 8.20. The molecule has 0 radical (unpaired) electrons. The van der Waals surface area contributed by atoms with Gasteiger partial charge in [-0.25, -0.2) is 0 Å². The van der Waals surface area contributed by atoms with Gasteiger partial charge in [-0.2, -0.15) is 0 Å². The van der Waals surface area contributed by atoms with E-state index < -0.39 is 6.04 Å². The van der Waals surface area contributed by atoms with Gasteiger partial charge in [0, 0.05) is 6.54 Å². The average molecular weight is 298 g/mol. The number of hydrogen-bond donors (Lipinski definition) is 2. The van der Waals surface area contributed by atoms with Gasteiger partial charge in [0.05, 0.1) is 13.2 Å². The van der Waals surface area contributed by atoms with Gasteiger partial charge in [-0.05, 0) is 36.1 Å². The topological polar surface area (TPSA) is 64.3 Å². The lowest BCUT2D eigenvalue weighted by Crippen LogP contribution is -2.42. The van der Waals surface area contributed by atoms with E-state index in [0.29, 0.717) is 13.0 Å². The maximum absolute atomic E-state index is 12.0. The second-order valence-corrected chi connectivity index (χ2v) is 5.19. The van der Waals surface area contributed by atoms with Crippen molar-refractivity contribution < 1.29 is 9.53 Å². The summed E-state index contributed by atoms with van der Waals surface area (Å²) in [7, 11) is 1.64. The lowest BCUT2D eigenvalue weighted by atomic mass is 10.1. The number of methoxy groups -OCH3 is 1. The Labute approximate surface area is 131 Å². The van der Waals surface area contributed by atoms with E-state index in [1.54, 1.807) is 7.11 Å². The monoisotopic (exact) mass is 298 g/mol. The van der Waals surface area contributed by atoms with E-state index in [0.717, 1.165) is 23.3 Å². The number of amides is 1. The van der Waals surface area contributed by atoms with E-state index >= 15 is 0 Å². The highest BCUT2D eigenvalue weighted by Gasteiger charge is 2.13. The van der Waals surface area contributed by atoms with Crippen molar-refractivity contribution in [2.75, 3.05) is 13.7 Å². The molecule has 116 valence electrons. The summed E-state index contributed by atoms with van der Waals surface area (Å²) in [6, 6.07) is 17.1. The van der Waals surface area contributed by atoms with Crippen LogP contribution in [0, 0.1) is 0 Å². The molecule has 2 aromatic carbocycles. The number of benzene rings is 2. The molecule has 1 atom stereocenters. The zero-order valence-corrected chi connectivity index (χ0v) is 12.8. The van der Waals surface area contributed by atoms with Crippen molar-refractivity contribution in [1.82, 2.24) is 5.32 Å². The Morgan fingerprint density at radius 1 is 1.14 bits per heavy atom. The first-order valence-corrected chi connectivity index (χ1v) is 7.39. The van der Waals surface area contributed by atoms with Crippen molar-refractivity contribution in [1.29, 1.82) is 0 Å². The number of hydrogen-bond acceptors (Lipinski definition) is 3. The number of rotatable bonds is 7. The molecule has 0 fully saturated rings. The Bertz CT molecular complexity index is 599. The third-order valence-electron chi connectivity index (χ3n) is 3.48. The lowest BCUT2D eigenvalue weighted by Gasteiger charge is -2.12. The van der Waals surface area contributed by atoms with Crippen LogP contribution in [0.25, 0.3) is 0 Å². The Morgan fingerprint density at radius 2 is 1.86 bits per heavy atom. The highest BCUT2D eigenvalue weighted by Crippen LogP contribution is 2.12. The molecular formula is C18H22N2O2. The molecule has 3 N–H and O–H groups in total. The van der Waals surface area contributed by atoms with Crippen molar-refractivity contribution in [2.45, 2.75) is 18.9 Å². The van der Waals surface area contributed by atoms with E-state index in [1.165, 1.54) is 0 Å².